The average Bonchev–Trinajstić information content (AvgIpc) is 3.17. The maximum absolute atomic E-state index is 10.4. The Kier molecular flexibility index (Phi) is 3.88. The Bertz CT molecular complexity index is 601. The highest BCUT2D eigenvalue weighted by atomic mass is 32.1. The molecule has 0 aromatic carbocycles. The molecule has 1 saturated heterocycles. The molecule has 1 aliphatic carbocycles. The summed E-state index contributed by atoms with van der Waals surface area (Å²) in [5.41, 5.74) is 0. The minimum absolute atomic E-state index is 0.323. The number of hydrogen-bond donors (Lipinski definition) is 1. The molecule has 0 bridgehead atoms. The lowest BCUT2D eigenvalue weighted by Gasteiger charge is -2.32. The maximum Gasteiger partial charge on any atom is 0.318 e. The van der Waals surface area contributed by atoms with Crippen LogP contribution in [0.3, 0.4) is 0 Å². The van der Waals surface area contributed by atoms with Gasteiger partial charge in [0.25, 0.3) is 0 Å². The first-order valence-electron chi connectivity index (χ1n) is 8.11. The first-order chi connectivity index (χ1) is 10.8. The van der Waals surface area contributed by atoms with Crippen molar-refractivity contribution < 1.29 is 9.52 Å². The Balaban J connectivity index is 1.36. The first kappa shape index (κ1) is 14.2. The van der Waals surface area contributed by atoms with E-state index in [9.17, 15) is 5.11 Å². The van der Waals surface area contributed by atoms with Crippen LogP contribution in [0, 0.1) is 5.92 Å². The van der Waals surface area contributed by atoms with Crippen molar-refractivity contribution in [3.05, 3.63) is 28.3 Å². The summed E-state index contributed by atoms with van der Waals surface area (Å²) in [5, 5.41) is 20.9. The van der Waals surface area contributed by atoms with E-state index in [0.717, 1.165) is 36.7 Å². The highest BCUT2D eigenvalue weighted by Gasteiger charge is 2.30. The zero-order valence-electron chi connectivity index (χ0n) is 12.5. The lowest BCUT2D eigenvalue weighted by atomic mass is 9.85. The highest BCUT2D eigenvalue weighted by Crippen LogP contribution is 2.37. The van der Waals surface area contributed by atoms with Gasteiger partial charge < -0.3 is 14.4 Å². The van der Waals surface area contributed by atoms with Crippen molar-refractivity contribution in [2.75, 3.05) is 18.0 Å². The van der Waals surface area contributed by atoms with Gasteiger partial charge in [-0.25, -0.2) is 0 Å². The number of hydrogen-bond acceptors (Lipinski definition) is 6. The number of nitrogens with zero attached hydrogens (tertiary/aromatic N) is 3. The fourth-order valence-electron chi connectivity index (χ4n) is 3.27. The third kappa shape index (κ3) is 2.65. The lowest BCUT2D eigenvalue weighted by molar-refractivity contribution is 0.0954. The van der Waals surface area contributed by atoms with Gasteiger partial charge in [-0.3, -0.25) is 0 Å². The molecule has 6 heteroatoms. The van der Waals surface area contributed by atoms with Crippen LogP contribution in [0.1, 0.15) is 54.9 Å². The molecule has 22 heavy (non-hydrogen) atoms. The van der Waals surface area contributed by atoms with Crippen LogP contribution in [0.25, 0.3) is 0 Å². The average molecular weight is 319 g/mol. The van der Waals surface area contributed by atoms with Gasteiger partial charge in [0.05, 0.1) is 6.10 Å². The Hall–Kier alpha value is -1.40. The van der Waals surface area contributed by atoms with Gasteiger partial charge >= 0.3 is 6.01 Å². The molecule has 118 valence electrons. The van der Waals surface area contributed by atoms with Crippen LogP contribution in [0.5, 0.6) is 0 Å². The second-order valence-corrected chi connectivity index (χ2v) is 7.31. The lowest BCUT2D eigenvalue weighted by Crippen LogP contribution is -2.35. The van der Waals surface area contributed by atoms with Crippen LogP contribution in [0.2, 0.25) is 0 Å². The molecule has 1 saturated carbocycles. The van der Waals surface area contributed by atoms with Crippen LogP contribution in [-0.2, 0) is 0 Å². The van der Waals surface area contributed by atoms with Crippen molar-refractivity contribution in [1.29, 1.82) is 0 Å². The third-order valence-corrected chi connectivity index (χ3v) is 5.92. The Morgan fingerprint density at radius 1 is 1.23 bits per heavy atom. The van der Waals surface area contributed by atoms with E-state index in [1.807, 2.05) is 17.5 Å². The van der Waals surface area contributed by atoms with Crippen molar-refractivity contribution in [3.63, 3.8) is 0 Å². The fraction of sp³-hybridized carbons (Fsp3) is 0.625. The largest absolute Gasteiger partial charge is 0.408 e. The van der Waals surface area contributed by atoms with Crippen molar-refractivity contribution in [1.82, 2.24) is 10.2 Å². The molecule has 3 heterocycles. The van der Waals surface area contributed by atoms with Gasteiger partial charge in [0, 0.05) is 23.9 Å². The summed E-state index contributed by atoms with van der Waals surface area (Å²) in [6.07, 6.45) is 5.21. The zero-order chi connectivity index (χ0) is 14.9. The second-order valence-electron chi connectivity index (χ2n) is 6.34. The predicted octanol–water partition coefficient (Wildman–Crippen LogP) is 3.35. The molecule has 0 amide bonds. The number of thiophene rings is 1. The third-order valence-electron chi connectivity index (χ3n) is 4.98. The van der Waals surface area contributed by atoms with E-state index in [0.29, 0.717) is 17.9 Å². The van der Waals surface area contributed by atoms with Gasteiger partial charge in [0.15, 0.2) is 0 Å². The van der Waals surface area contributed by atoms with Crippen molar-refractivity contribution in [3.8, 4) is 0 Å². The number of rotatable bonds is 4. The summed E-state index contributed by atoms with van der Waals surface area (Å²) in [7, 11) is 0. The van der Waals surface area contributed by atoms with Crippen molar-refractivity contribution in [2.24, 2.45) is 5.92 Å². The molecule has 5 nitrogen and oxygen atoms in total. The number of aromatic nitrogens is 2. The molecule has 2 aromatic rings. The summed E-state index contributed by atoms with van der Waals surface area (Å²) >= 11 is 1.63. The minimum atomic E-state index is -0.338. The Labute approximate surface area is 134 Å². The molecule has 1 aliphatic heterocycles. The molecule has 4 rings (SSSR count). The maximum atomic E-state index is 10.4. The smallest absolute Gasteiger partial charge is 0.318 e. The summed E-state index contributed by atoms with van der Waals surface area (Å²) in [6.45, 7) is 1.75. The summed E-state index contributed by atoms with van der Waals surface area (Å²) in [5.74, 6) is 1.62. The molecule has 0 unspecified atom stereocenters. The van der Waals surface area contributed by atoms with E-state index >= 15 is 0 Å². The molecule has 2 fully saturated rings. The molecule has 2 aromatic heterocycles. The van der Waals surface area contributed by atoms with Crippen LogP contribution in [0.4, 0.5) is 6.01 Å². The minimum Gasteiger partial charge on any atom is -0.408 e. The standard InChI is InChI=1S/C16H21N3O2S/c20-14(13-5-2-10-22-13)11-6-8-19(9-7-11)16-18-17-15(21-16)12-3-1-4-12/h2,5,10-12,14,20H,1,3-4,6-9H2/t14-/m0/s1. The van der Waals surface area contributed by atoms with Gasteiger partial charge in [-0.1, -0.05) is 17.6 Å². The molecule has 2 aliphatic rings. The summed E-state index contributed by atoms with van der Waals surface area (Å²) < 4.78 is 5.84. The number of piperidine rings is 1. The Morgan fingerprint density at radius 2 is 2.05 bits per heavy atom. The van der Waals surface area contributed by atoms with Gasteiger partial charge in [0.2, 0.25) is 5.89 Å². The van der Waals surface area contributed by atoms with Gasteiger partial charge in [-0.05, 0) is 43.0 Å². The van der Waals surface area contributed by atoms with Gasteiger partial charge in [-0.2, -0.15) is 0 Å². The predicted molar refractivity (Wildman–Crippen MR) is 85.1 cm³/mol. The SMILES string of the molecule is O[C@H](c1cccs1)C1CCN(c2nnc(C3CCC3)o2)CC1. The molecule has 0 radical (unpaired) electrons. The molecular formula is C16H21N3O2S. The number of aliphatic hydroxyl groups is 1. The fourth-order valence-corrected chi connectivity index (χ4v) is 4.08. The van der Waals surface area contributed by atoms with Crippen molar-refractivity contribution in [2.45, 2.75) is 44.1 Å². The van der Waals surface area contributed by atoms with Gasteiger partial charge in [-0.15, -0.1) is 16.4 Å². The van der Waals surface area contributed by atoms with Crippen LogP contribution >= 0.6 is 11.3 Å². The molecule has 0 spiro atoms. The van der Waals surface area contributed by atoms with E-state index in [1.165, 1.54) is 19.3 Å². The molecular weight excluding hydrogens is 298 g/mol. The van der Waals surface area contributed by atoms with Crippen LogP contribution in [-0.4, -0.2) is 28.4 Å². The molecule has 1 N–H and O–H groups in total. The second kappa shape index (κ2) is 6.01. The van der Waals surface area contributed by atoms with E-state index < -0.39 is 0 Å². The van der Waals surface area contributed by atoms with E-state index in [2.05, 4.69) is 15.1 Å². The topological polar surface area (TPSA) is 62.4 Å². The van der Waals surface area contributed by atoms with E-state index in [4.69, 9.17) is 4.42 Å². The van der Waals surface area contributed by atoms with Crippen LogP contribution < -0.4 is 4.90 Å². The quantitative estimate of drug-likeness (QED) is 0.936. The number of aliphatic hydroxyl groups excluding tert-OH is 1. The van der Waals surface area contributed by atoms with Crippen molar-refractivity contribution >= 4 is 17.4 Å². The van der Waals surface area contributed by atoms with Gasteiger partial charge in [0.1, 0.15) is 0 Å². The van der Waals surface area contributed by atoms with E-state index in [1.54, 1.807) is 11.3 Å². The number of anilines is 1. The zero-order valence-corrected chi connectivity index (χ0v) is 13.3. The summed E-state index contributed by atoms with van der Waals surface area (Å²) in [4.78, 5) is 3.23. The summed E-state index contributed by atoms with van der Waals surface area (Å²) in [6, 6.07) is 4.68. The monoisotopic (exact) mass is 319 g/mol. The Morgan fingerprint density at radius 3 is 2.68 bits per heavy atom. The molecule has 1 atom stereocenters. The highest BCUT2D eigenvalue weighted by molar-refractivity contribution is 7.10. The normalized spacial score (nSPS) is 21.8. The van der Waals surface area contributed by atoms with E-state index in [-0.39, 0.29) is 6.10 Å². The first-order valence-corrected chi connectivity index (χ1v) is 8.99. The van der Waals surface area contributed by atoms with Crippen LogP contribution in [0.15, 0.2) is 21.9 Å².